The summed E-state index contributed by atoms with van der Waals surface area (Å²) in [5, 5.41) is 5.40. The van der Waals surface area contributed by atoms with Gasteiger partial charge < -0.3 is 5.73 Å². The monoisotopic (exact) mass is 611 g/mol. The number of anilines is 1. The van der Waals surface area contributed by atoms with Gasteiger partial charge in [-0.2, -0.15) is 5.10 Å². The van der Waals surface area contributed by atoms with Crippen LogP contribution < -0.4 is 5.73 Å². The summed E-state index contributed by atoms with van der Waals surface area (Å²) in [5.41, 5.74) is 15.2. The first-order valence-electron chi connectivity index (χ1n) is 15.5. The molecule has 0 radical (unpaired) electrons. The Hall–Kier alpha value is -6.27. The van der Waals surface area contributed by atoms with E-state index >= 15 is 0 Å². The topological polar surface area (TPSA) is 61.1 Å². The SMILES string of the molecule is Nc1ccc(-c2cnc3ccc(-c4cn(C(c5ccccc5)(c5ccccc5)c5ccccc5)nc4-c4ccc(F)cc4)cn23)cc1. The van der Waals surface area contributed by atoms with Crippen molar-refractivity contribution in [1.29, 1.82) is 0 Å². The van der Waals surface area contributed by atoms with Crippen molar-refractivity contribution in [2.45, 2.75) is 5.54 Å². The number of halogens is 1. The maximum Gasteiger partial charge on any atom is 0.138 e. The fourth-order valence-electron chi connectivity index (χ4n) is 6.52. The van der Waals surface area contributed by atoms with E-state index in [0.717, 1.165) is 56.0 Å². The van der Waals surface area contributed by atoms with Gasteiger partial charge in [-0.3, -0.25) is 9.08 Å². The number of hydrogen-bond acceptors (Lipinski definition) is 3. The Balaban J connectivity index is 1.42. The molecule has 0 aliphatic rings. The highest BCUT2D eigenvalue weighted by molar-refractivity contribution is 5.81. The van der Waals surface area contributed by atoms with Crippen LogP contribution in [-0.2, 0) is 5.54 Å². The highest BCUT2D eigenvalue weighted by Gasteiger charge is 2.40. The van der Waals surface area contributed by atoms with Crippen LogP contribution in [0.5, 0.6) is 0 Å². The van der Waals surface area contributed by atoms with E-state index in [1.54, 1.807) is 12.1 Å². The van der Waals surface area contributed by atoms with Gasteiger partial charge in [-0.15, -0.1) is 0 Å². The minimum atomic E-state index is -0.814. The smallest absolute Gasteiger partial charge is 0.138 e. The van der Waals surface area contributed by atoms with E-state index in [4.69, 9.17) is 10.8 Å². The fraction of sp³-hybridized carbons (Fsp3) is 0.0244. The molecule has 0 saturated carbocycles. The van der Waals surface area contributed by atoms with Gasteiger partial charge in [0.2, 0.25) is 0 Å². The van der Waals surface area contributed by atoms with Crippen molar-refractivity contribution < 1.29 is 4.39 Å². The van der Waals surface area contributed by atoms with Gasteiger partial charge in [0.15, 0.2) is 0 Å². The van der Waals surface area contributed by atoms with Crippen molar-refractivity contribution in [1.82, 2.24) is 19.2 Å². The van der Waals surface area contributed by atoms with Crippen molar-refractivity contribution >= 4 is 11.3 Å². The third kappa shape index (κ3) is 4.87. The lowest BCUT2D eigenvalue weighted by Crippen LogP contribution is -2.38. The number of nitrogens with zero attached hydrogens (tertiary/aromatic N) is 4. The summed E-state index contributed by atoms with van der Waals surface area (Å²) in [6, 6.07) is 49.8. The second-order valence-electron chi connectivity index (χ2n) is 11.6. The molecule has 5 nitrogen and oxygen atoms in total. The molecule has 3 heterocycles. The molecule has 0 aliphatic carbocycles. The van der Waals surface area contributed by atoms with E-state index < -0.39 is 5.54 Å². The van der Waals surface area contributed by atoms with Crippen LogP contribution in [0, 0.1) is 5.82 Å². The van der Waals surface area contributed by atoms with Gasteiger partial charge in [0.1, 0.15) is 22.7 Å². The van der Waals surface area contributed by atoms with E-state index in [0.29, 0.717) is 5.69 Å². The predicted molar refractivity (Wildman–Crippen MR) is 186 cm³/mol. The predicted octanol–water partition coefficient (Wildman–Crippen LogP) is 9.09. The second-order valence-corrected chi connectivity index (χ2v) is 11.6. The molecule has 47 heavy (non-hydrogen) atoms. The summed E-state index contributed by atoms with van der Waals surface area (Å²) in [6.45, 7) is 0. The fourth-order valence-corrected chi connectivity index (χ4v) is 6.52. The molecule has 3 aromatic heterocycles. The van der Waals surface area contributed by atoms with Crippen molar-refractivity contribution in [3.63, 3.8) is 0 Å². The van der Waals surface area contributed by atoms with Crippen molar-refractivity contribution in [2.24, 2.45) is 0 Å². The minimum Gasteiger partial charge on any atom is -0.399 e. The highest BCUT2D eigenvalue weighted by atomic mass is 19.1. The summed E-state index contributed by atoms with van der Waals surface area (Å²) in [7, 11) is 0. The van der Waals surface area contributed by atoms with Crippen LogP contribution in [0.4, 0.5) is 10.1 Å². The number of hydrogen-bond donors (Lipinski definition) is 1. The average molecular weight is 612 g/mol. The lowest BCUT2D eigenvalue weighted by molar-refractivity contribution is 0.461. The highest BCUT2D eigenvalue weighted by Crippen LogP contribution is 2.43. The maximum absolute atomic E-state index is 14.2. The molecule has 5 aromatic carbocycles. The van der Waals surface area contributed by atoms with Gasteiger partial charge in [0, 0.05) is 40.3 Å². The molecule has 0 saturated heterocycles. The van der Waals surface area contributed by atoms with Crippen LogP contribution >= 0.6 is 0 Å². The molecule has 0 fully saturated rings. The molecule has 2 N–H and O–H groups in total. The third-order valence-electron chi connectivity index (χ3n) is 8.77. The Morgan fingerprint density at radius 1 is 0.553 bits per heavy atom. The molecular weight excluding hydrogens is 581 g/mol. The van der Waals surface area contributed by atoms with E-state index in [9.17, 15) is 4.39 Å². The van der Waals surface area contributed by atoms with Crippen LogP contribution in [0.1, 0.15) is 16.7 Å². The quantitative estimate of drug-likeness (QED) is 0.144. The molecule has 8 aromatic rings. The first kappa shape index (κ1) is 28.2. The molecule has 6 heteroatoms. The van der Waals surface area contributed by atoms with Gasteiger partial charge in [-0.05, 0) is 65.2 Å². The van der Waals surface area contributed by atoms with Gasteiger partial charge in [-0.1, -0.05) is 103 Å². The van der Waals surface area contributed by atoms with Crippen LogP contribution in [0.25, 0.3) is 39.3 Å². The zero-order chi connectivity index (χ0) is 31.8. The van der Waals surface area contributed by atoms with Crippen LogP contribution in [-0.4, -0.2) is 19.2 Å². The first-order valence-corrected chi connectivity index (χ1v) is 15.5. The molecule has 0 atom stereocenters. The Kier molecular flexibility index (Phi) is 6.95. The molecule has 226 valence electrons. The Labute approximate surface area is 272 Å². The number of fused-ring (bicyclic) bond motifs is 1. The number of imidazole rings is 1. The van der Waals surface area contributed by atoms with Gasteiger partial charge in [0.25, 0.3) is 0 Å². The summed E-state index contributed by atoms with van der Waals surface area (Å²) in [5.74, 6) is -0.296. The molecule has 0 spiro atoms. The first-order chi connectivity index (χ1) is 23.1. The van der Waals surface area contributed by atoms with Crippen LogP contribution in [0.3, 0.4) is 0 Å². The van der Waals surface area contributed by atoms with E-state index in [1.807, 2.05) is 54.7 Å². The second kappa shape index (κ2) is 11.6. The summed E-state index contributed by atoms with van der Waals surface area (Å²) >= 11 is 0. The number of aromatic nitrogens is 4. The van der Waals surface area contributed by atoms with E-state index in [2.05, 4.69) is 105 Å². The number of pyridine rings is 1. The maximum atomic E-state index is 14.2. The number of nitrogen functional groups attached to an aromatic ring is 1. The normalized spacial score (nSPS) is 11.6. The largest absolute Gasteiger partial charge is 0.399 e. The van der Waals surface area contributed by atoms with E-state index in [-0.39, 0.29) is 5.82 Å². The summed E-state index contributed by atoms with van der Waals surface area (Å²) < 4.78 is 18.4. The lowest BCUT2D eigenvalue weighted by atomic mass is 9.77. The van der Waals surface area contributed by atoms with Crippen molar-refractivity contribution in [3.05, 3.63) is 193 Å². The van der Waals surface area contributed by atoms with Gasteiger partial charge in [-0.25, -0.2) is 9.37 Å². The summed E-state index contributed by atoms with van der Waals surface area (Å²) in [6.07, 6.45) is 6.09. The molecule has 0 aliphatic heterocycles. The lowest BCUT2D eigenvalue weighted by Gasteiger charge is -2.36. The average Bonchev–Trinajstić information content (AvgIpc) is 3.76. The van der Waals surface area contributed by atoms with Crippen molar-refractivity contribution in [3.8, 4) is 33.6 Å². The molecule has 0 unspecified atom stereocenters. The zero-order valence-electron chi connectivity index (χ0n) is 25.4. The standard InChI is InChI=1S/C41H30FN5/c42-35-21-16-30(17-22-35)40-37(31-20-25-39-44-26-38(46(39)27-31)29-18-23-36(43)24-19-29)28-47(45-40)41(32-10-4-1-5-11-32,33-12-6-2-7-13-33)34-14-8-3-9-15-34/h1-28H,43H2. The van der Waals surface area contributed by atoms with E-state index in [1.165, 1.54) is 12.1 Å². The molecule has 0 amide bonds. The third-order valence-corrected chi connectivity index (χ3v) is 8.77. The van der Waals surface area contributed by atoms with Crippen molar-refractivity contribution in [2.75, 3.05) is 5.73 Å². The number of rotatable bonds is 7. The van der Waals surface area contributed by atoms with Gasteiger partial charge in [0.05, 0.1) is 11.9 Å². The number of benzene rings is 5. The zero-order valence-corrected chi connectivity index (χ0v) is 25.4. The van der Waals surface area contributed by atoms with Crippen LogP contribution in [0.15, 0.2) is 170 Å². The molecule has 0 bridgehead atoms. The Morgan fingerprint density at radius 3 is 1.66 bits per heavy atom. The van der Waals surface area contributed by atoms with Gasteiger partial charge >= 0.3 is 0 Å². The Morgan fingerprint density at radius 2 is 1.09 bits per heavy atom. The number of nitrogens with two attached hydrogens (primary N) is 1. The molecule has 8 rings (SSSR count). The Bertz CT molecular complexity index is 2190. The molecular formula is C41H30FN5. The minimum absolute atomic E-state index is 0.296. The summed E-state index contributed by atoms with van der Waals surface area (Å²) in [4.78, 5) is 4.68. The van der Waals surface area contributed by atoms with Crippen LogP contribution in [0.2, 0.25) is 0 Å².